The van der Waals surface area contributed by atoms with E-state index in [2.05, 4.69) is 12.1 Å². The second kappa shape index (κ2) is 4.30. The molecule has 1 saturated carbocycles. The molecule has 0 bridgehead atoms. The van der Waals surface area contributed by atoms with Crippen LogP contribution in [0.2, 0.25) is 0 Å². The summed E-state index contributed by atoms with van der Waals surface area (Å²) in [6.45, 7) is 0. The zero-order valence-corrected chi connectivity index (χ0v) is 9.91. The first-order chi connectivity index (χ1) is 8.77. The lowest BCUT2D eigenvalue weighted by molar-refractivity contribution is 0.0695. The Hall–Kier alpha value is -2.09. The van der Waals surface area contributed by atoms with E-state index in [1.165, 1.54) is 5.56 Å². The predicted molar refractivity (Wildman–Crippen MR) is 69.9 cm³/mol. The van der Waals surface area contributed by atoms with Crippen molar-refractivity contribution in [3.63, 3.8) is 0 Å². The van der Waals surface area contributed by atoms with Crippen LogP contribution in [0.1, 0.15) is 39.7 Å². The number of carbonyl (C=O) groups is 1. The minimum atomic E-state index is -0.829. The standard InChI is InChI=1S/C16H14O2/c17-16(18)13-9-5-4-8-12(13)15-10-14(15)11-6-2-1-3-7-11/h1-9,14-15H,10H2,(H,17,18). The number of carboxylic acid groups (broad SMARTS) is 1. The van der Waals surface area contributed by atoms with Gasteiger partial charge in [0, 0.05) is 0 Å². The number of carboxylic acids is 1. The van der Waals surface area contributed by atoms with Crippen LogP contribution in [0.15, 0.2) is 54.6 Å². The summed E-state index contributed by atoms with van der Waals surface area (Å²) < 4.78 is 0. The molecule has 1 aliphatic rings. The van der Waals surface area contributed by atoms with E-state index in [4.69, 9.17) is 0 Å². The molecule has 1 fully saturated rings. The molecule has 0 radical (unpaired) electrons. The fraction of sp³-hybridized carbons (Fsp3) is 0.188. The third-order valence-electron chi connectivity index (χ3n) is 3.61. The van der Waals surface area contributed by atoms with Crippen LogP contribution in [0.5, 0.6) is 0 Å². The van der Waals surface area contributed by atoms with Gasteiger partial charge in [0.15, 0.2) is 0 Å². The topological polar surface area (TPSA) is 37.3 Å². The van der Waals surface area contributed by atoms with Crippen molar-refractivity contribution >= 4 is 5.97 Å². The van der Waals surface area contributed by atoms with Crippen molar-refractivity contribution in [2.45, 2.75) is 18.3 Å². The van der Waals surface area contributed by atoms with E-state index < -0.39 is 5.97 Å². The van der Waals surface area contributed by atoms with Gasteiger partial charge in [-0.3, -0.25) is 0 Å². The molecule has 0 aliphatic heterocycles. The quantitative estimate of drug-likeness (QED) is 0.886. The Labute approximate surface area is 106 Å². The molecule has 3 rings (SSSR count). The maximum atomic E-state index is 11.2. The summed E-state index contributed by atoms with van der Waals surface area (Å²) in [7, 11) is 0. The van der Waals surface area contributed by atoms with Gasteiger partial charge in [-0.15, -0.1) is 0 Å². The fourth-order valence-electron chi connectivity index (χ4n) is 2.62. The molecule has 2 aromatic carbocycles. The maximum Gasteiger partial charge on any atom is 0.335 e. The van der Waals surface area contributed by atoms with Crippen LogP contribution in [-0.2, 0) is 0 Å². The summed E-state index contributed by atoms with van der Waals surface area (Å²) in [6.07, 6.45) is 1.05. The average Bonchev–Trinajstić information content (AvgIpc) is 3.20. The summed E-state index contributed by atoms with van der Waals surface area (Å²) in [5, 5.41) is 9.20. The van der Waals surface area contributed by atoms with Crippen molar-refractivity contribution in [1.29, 1.82) is 0 Å². The highest BCUT2D eigenvalue weighted by molar-refractivity contribution is 5.89. The first kappa shape index (κ1) is 11.0. The normalized spacial score (nSPS) is 21.6. The van der Waals surface area contributed by atoms with Crippen molar-refractivity contribution < 1.29 is 9.90 Å². The second-order valence-electron chi connectivity index (χ2n) is 4.75. The Morgan fingerprint density at radius 1 is 0.944 bits per heavy atom. The minimum absolute atomic E-state index is 0.361. The van der Waals surface area contributed by atoms with E-state index in [1.807, 2.05) is 30.3 Å². The van der Waals surface area contributed by atoms with E-state index in [0.29, 0.717) is 17.4 Å². The van der Waals surface area contributed by atoms with Crippen LogP contribution in [0.3, 0.4) is 0 Å². The Morgan fingerprint density at radius 2 is 1.61 bits per heavy atom. The molecule has 2 aromatic rings. The molecule has 1 aliphatic carbocycles. The van der Waals surface area contributed by atoms with Gasteiger partial charge in [-0.05, 0) is 35.4 Å². The molecular weight excluding hydrogens is 224 g/mol. The molecule has 0 aromatic heterocycles. The molecular formula is C16H14O2. The van der Waals surface area contributed by atoms with Crippen LogP contribution in [0, 0.1) is 0 Å². The lowest BCUT2D eigenvalue weighted by atomic mass is 10.00. The van der Waals surface area contributed by atoms with Gasteiger partial charge in [0.2, 0.25) is 0 Å². The fourth-order valence-corrected chi connectivity index (χ4v) is 2.62. The van der Waals surface area contributed by atoms with E-state index in [1.54, 1.807) is 12.1 Å². The molecule has 2 atom stereocenters. The lowest BCUT2D eigenvalue weighted by Gasteiger charge is -2.05. The average molecular weight is 238 g/mol. The molecule has 1 N–H and O–H groups in total. The summed E-state index contributed by atoms with van der Waals surface area (Å²) in [5.41, 5.74) is 2.72. The van der Waals surface area contributed by atoms with Gasteiger partial charge in [-0.1, -0.05) is 48.5 Å². The summed E-state index contributed by atoms with van der Waals surface area (Å²) in [5.74, 6) is 0.00992. The van der Waals surface area contributed by atoms with Gasteiger partial charge in [0.1, 0.15) is 0 Å². The highest BCUT2D eigenvalue weighted by Crippen LogP contribution is 2.55. The Bertz CT molecular complexity index is 575. The van der Waals surface area contributed by atoms with Crippen molar-refractivity contribution in [3.05, 3.63) is 71.3 Å². The van der Waals surface area contributed by atoms with Gasteiger partial charge in [0.05, 0.1) is 5.56 Å². The third kappa shape index (κ3) is 1.90. The van der Waals surface area contributed by atoms with Crippen molar-refractivity contribution in [3.8, 4) is 0 Å². The van der Waals surface area contributed by atoms with E-state index >= 15 is 0 Å². The first-order valence-corrected chi connectivity index (χ1v) is 6.14. The molecule has 2 heteroatoms. The number of aromatic carboxylic acids is 1. The summed E-state index contributed by atoms with van der Waals surface area (Å²) in [4.78, 5) is 11.2. The van der Waals surface area contributed by atoms with Crippen LogP contribution in [0.25, 0.3) is 0 Å². The highest BCUT2D eigenvalue weighted by Gasteiger charge is 2.41. The number of benzene rings is 2. The molecule has 90 valence electrons. The molecule has 0 saturated heterocycles. The Balaban J connectivity index is 1.89. The van der Waals surface area contributed by atoms with Crippen LogP contribution in [0.4, 0.5) is 0 Å². The zero-order chi connectivity index (χ0) is 12.5. The minimum Gasteiger partial charge on any atom is -0.478 e. The molecule has 2 nitrogen and oxygen atoms in total. The zero-order valence-electron chi connectivity index (χ0n) is 9.91. The number of hydrogen-bond acceptors (Lipinski definition) is 1. The largest absolute Gasteiger partial charge is 0.478 e. The predicted octanol–water partition coefficient (Wildman–Crippen LogP) is 3.66. The molecule has 0 spiro atoms. The van der Waals surface area contributed by atoms with E-state index in [0.717, 1.165) is 12.0 Å². The molecule has 0 amide bonds. The van der Waals surface area contributed by atoms with Crippen LogP contribution >= 0.6 is 0 Å². The molecule has 2 unspecified atom stereocenters. The summed E-state index contributed by atoms with van der Waals surface area (Å²) in [6, 6.07) is 17.7. The van der Waals surface area contributed by atoms with Gasteiger partial charge in [-0.2, -0.15) is 0 Å². The van der Waals surface area contributed by atoms with Gasteiger partial charge >= 0.3 is 5.97 Å². The van der Waals surface area contributed by atoms with Crippen molar-refractivity contribution in [2.24, 2.45) is 0 Å². The van der Waals surface area contributed by atoms with Crippen molar-refractivity contribution in [1.82, 2.24) is 0 Å². The monoisotopic (exact) mass is 238 g/mol. The highest BCUT2D eigenvalue weighted by atomic mass is 16.4. The van der Waals surface area contributed by atoms with Gasteiger partial charge < -0.3 is 5.11 Å². The number of rotatable bonds is 3. The maximum absolute atomic E-state index is 11.2. The number of hydrogen-bond donors (Lipinski definition) is 1. The van der Waals surface area contributed by atoms with E-state index in [9.17, 15) is 9.90 Å². The lowest BCUT2D eigenvalue weighted by Crippen LogP contribution is -2.01. The van der Waals surface area contributed by atoms with Crippen LogP contribution in [-0.4, -0.2) is 11.1 Å². The second-order valence-corrected chi connectivity index (χ2v) is 4.75. The summed E-state index contributed by atoms with van der Waals surface area (Å²) >= 11 is 0. The smallest absolute Gasteiger partial charge is 0.335 e. The SMILES string of the molecule is O=C(O)c1ccccc1C1CC1c1ccccc1. The Morgan fingerprint density at radius 3 is 2.33 bits per heavy atom. The van der Waals surface area contributed by atoms with Crippen molar-refractivity contribution in [2.75, 3.05) is 0 Å². The third-order valence-corrected chi connectivity index (χ3v) is 3.61. The molecule has 0 heterocycles. The van der Waals surface area contributed by atoms with Gasteiger partial charge in [-0.25, -0.2) is 4.79 Å². The van der Waals surface area contributed by atoms with E-state index in [-0.39, 0.29) is 0 Å². The Kier molecular flexibility index (Phi) is 2.63. The first-order valence-electron chi connectivity index (χ1n) is 6.14. The molecule has 18 heavy (non-hydrogen) atoms. The van der Waals surface area contributed by atoms with Crippen LogP contribution < -0.4 is 0 Å². The van der Waals surface area contributed by atoms with Gasteiger partial charge in [0.25, 0.3) is 0 Å².